The maximum atomic E-state index is 11.5. The molecular formula is C9H14N4O3S. The lowest BCUT2D eigenvalue weighted by atomic mass is 10.2. The molecule has 7 nitrogen and oxygen atoms in total. The Balaban J connectivity index is 2.50. The van der Waals surface area contributed by atoms with Gasteiger partial charge in [-0.3, -0.25) is 5.32 Å². The molecule has 0 unspecified atom stereocenters. The van der Waals surface area contributed by atoms with Crippen LogP contribution in [-0.4, -0.2) is 33.3 Å². The van der Waals surface area contributed by atoms with Crippen LogP contribution in [0.5, 0.6) is 0 Å². The summed E-state index contributed by atoms with van der Waals surface area (Å²) >= 11 is 1.22. The molecule has 0 aliphatic carbocycles. The summed E-state index contributed by atoms with van der Waals surface area (Å²) in [5, 5.41) is 22.2. The van der Waals surface area contributed by atoms with E-state index in [1.165, 1.54) is 11.3 Å². The molecule has 0 saturated heterocycles. The first-order valence-corrected chi connectivity index (χ1v) is 5.95. The van der Waals surface area contributed by atoms with Crippen molar-refractivity contribution in [2.45, 2.75) is 32.7 Å². The van der Waals surface area contributed by atoms with Crippen LogP contribution in [-0.2, 0) is 4.79 Å². The van der Waals surface area contributed by atoms with Gasteiger partial charge in [0.1, 0.15) is 11.0 Å². The van der Waals surface area contributed by atoms with Crippen LogP contribution >= 0.6 is 11.3 Å². The molecule has 0 aromatic carbocycles. The van der Waals surface area contributed by atoms with Gasteiger partial charge in [0, 0.05) is 0 Å². The van der Waals surface area contributed by atoms with Crippen molar-refractivity contribution in [3.63, 3.8) is 0 Å². The first-order valence-electron chi connectivity index (χ1n) is 5.13. The Morgan fingerprint density at radius 2 is 2.18 bits per heavy atom. The van der Waals surface area contributed by atoms with E-state index in [0.29, 0.717) is 18.0 Å². The summed E-state index contributed by atoms with van der Waals surface area (Å²) in [7, 11) is 0. The average molecular weight is 258 g/mol. The molecule has 0 saturated carbocycles. The highest BCUT2D eigenvalue weighted by Crippen LogP contribution is 2.13. The number of aliphatic carboxylic acids is 1. The minimum Gasteiger partial charge on any atom is -0.480 e. The largest absolute Gasteiger partial charge is 0.480 e. The molecular weight excluding hydrogens is 244 g/mol. The molecule has 2 amide bonds. The third-order valence-corrected chi connectivity index (χ3v) is 2.68. The number of urea groups is 1. The van der Waals surface area contributed by atoms with E-state index in [-0.39, 0.29) is 0 Å². The third-order valence-electron chi connectivity index (χ3n) is 1.93. The summed E-state index contributed by atoms with van der Waals surface area (Å²) in [6, 6.07) is -1.46. The molecule has 0 aliphatic heterocycles. The second kappa shape index (κ2) is 6.14. The molecule has 0 spiro atoms. The molecule has 3 N–H and O–H groups in total. The van der Waals surface area contributed by atoms with Gasteiger partial charge in [-0.05, 0) is 13.3 Å². The van der Waals surface area contributed by atoms with Crippen LogP contribution in [0.25, 0.3) is 0 Å². The number of hydrogen-bond donors (Lipinski definition) is 3. The predicted octanol–water partition coefficient (Wildman–Crippen LogP) is 1.22. The van der Waals surface area contributed by atoms with Crippen molar-refractivity contribution in [3.8, 4) is 0 Å². The fraction of sp³-hybridized carbons (Fsp3) is 0.556. The summed E-state index contributed by atoms with van der Waals surface area (Å²) in [5.74, 6) is -1.05. The molecule has 1 atom stereocenters. The number of carbonyl (C=O) groups is 2. The smallest absolute Gasteiger partial charge is 0.326 e. The van der Waals surface area contributed by atoms with E-state index in [1.54, 1.807) is 6.92 Å². The van der Waals surface area contributed by atoms with Crippen LogP contribution in [0.1, 0.15) is 24.8 Å². The van der Waals surface area contributed by atoms with Crippen molar-refractivity contribution in [2.24, 2.45) is 0 Å². The number of amides is 2. The monoisotopic (exact) mass is 258 g/mol. The van der Waals surface area contributed by atoms with Gasteiger partial charge >= 0.3 is 12.0 Å². The Kier molecular flexibility index (Phi) is 4.83. The molecule has 1 aromatic rings. The number of anilines is 1. The minimum atomic E-state index is -1.05. The lowest BCUT2D eigenvalue weighted by Gasteiger charge is -2.12. The van der Waals surface area contributed by atoms with Crippen molar-refractivity contribution in [1.29, 1.82) is 0 Å². The Labute approximate surface area is 102 Å². The minimum absolute atomic E-state index is 0.348. The van der Waals surface area contributed by atoms with E-state index >= 15 is 0 Å². The van der Waals surface area contributed by atoms with Gasteiger partial charge in [-0.1, -0.05) is 24.7 Å². The van der Waals surface area contributed by atoms with Gasteiger partial charge < -0.3 is 10.4 Å². The molecule has 0 radical (unpaired) electrons. The van der Waals surface area contributed by atoms with Gasteiger partial charge in [0.15, 0.2) is 0 Å². The highest BCUT2D eigenvalue weighted by atomic mass is 32.1. The quantitative estimate of drug-likeness (QED) is 0.736. The van der Waals surface area contributed by atoms with Crippen molar-refractivity contribution in [1.82, 2.24) is 15.5 Å². The molecule has 0 aliphatic rings. The van der Waals surface area contributed by atoms with Crippen molar-refractivity contribution in [2.75, 3.05) is 5.32 Å². The van der Waals surface area contributed by atoms with Crippen LogP contribution in [0.3, 0.4) is 0 Å². The molecule has 8 heteroatoms. The summed E-state index contributed by atoms with van der Waals surface area (Å²) in [6.45, 7) is 3.61. The van der Waals surface area contributed by atoms with E-state index in [1.807, 2.05) is 6.92 Å². The molecule has 17 heavy (non-hydrogen) atoms. The molecule has 1 heterocycles. The first-order chi connectivity index (χ1) is 8.02. The Bertz CT molecular complexity index is 407. The van der Waals surface area contributed by atoms with E-state index in [4.69, 9.17) is 5.11 Å². The highest BCUT2D eigenvalue weighted by Gasteiger charge is 2.19. The Morgan fingerprint density at radius 1 is 1.47 bits per heavy atom. The van der Waals surface area contributed by atoms with Gasteiger partial charge in [-0.15, -0.1) is 10.2 Å². The van der Waals surface area contributed by atoms with Gasteiger partial charge in [0.05, 0.1) is 0 Å². The number of hydrogen-bond acceptors (Lipinski definition) is 5. The van der Waals surface area contributed by atoms with Crippen LogP contribution in [0.2, 0.25) is 0 Å². The van der Waals surface area contributed by atoms with Crippen LogP contribution in [0.15, 0.2) is 0 Å². The number of carboxylic acids is 1. The van der Waals surface area contributed by atoms with Crippen molar-refractivity contribution >= 4 is 28.5 Å². The zero-order chi connectivity index (χ0) is 12.8. The van der Waals surface area contributed by atoms with Crippen LogP contribution in [0, 0.1) is 6.92 Å². The number of carbonyl (C=O) groups excluding carboxylic acids is 1. The standard InChI is InChI=1S/C9H14N4O3S/c1-3-4-6(7(14)15)10-8(16)11-9-13-12-5(2)17-9/h6H,3-4H2,1-2H3,(H,14,15)(H2,10,11,13,16)/t6-/m1/s1. The normalized spacial score (nSPS) is 11.9. The highest BCUT2D eigenvalue weighted by molar-refractivity contribution is 7.15. The SMILES string of the molecule is CCC[C@@H](NC(=O)Nc1nnc(C)s1)C(=O)O. The topological polar surface area (TPSA) is 104 Å². The fourth-order valence-electron chi connectivity index (χ4n) is 1.18. The zero-order valence-corrected chi connectivity index (χ0v) is 10.4. The second-order valence-corrected chi connectivity index (χ2v) is 4.59. The summed E-state index contributed by atoms with van der Waals surface area (Å²) in [4.78, 5) is 22.3. The molecule has 0 fully saturated rings. The lowest BCUT2D eigenvalue weighted by molar-refractivity contribution is -0.139. The number of rotatable bonds is 5. The van der Waals surface area contributed by atoms with Crippen LogP contribution in [0.4, 0.5) is 9.93 Å². The van der Waals surface area contributed by atoms with E-state index in [0.717, 1.165) is 5.01 Å². The van der Waals surface area contributed by atoms with Gasteiger partial charge in [0.2, 0.25) is 5.13 Å². The first kappa shape index (κ1) is 13.4. The third kappa shape index (κ3) is 4.35. The number of nitrogens with zero attached hydrogens (tertiary/aromatic N) is 2. The molecule has 0 bridgehead atoms. The number of carboxylic acid groups (broad SMARTS) is 1. The zero-order valence-electron chi connectivity index (χ0n) is 9.56. The van der Waals surface area contributed by atoms with E-state index in [9.17, 15) is 9.59 Å². The number of nitrogens with one attached hydrogen (secondary N) is 2. The average Bonchev–Trinajstić information content (AvgIpc) is 2.63. The maximum absolute atomic E-state index is 11.5. The maximum Gasteiger partial charge on any atom is 0.326 e. The van der Waals surface area contributed by atoms with E-state index in [2.05, 4.69) is 20.8 Å². The van der Waals surface area contributed by atoms with Crippen molar-refractivity contribution in [3.05, 3.63) is 5.01 Å². The Morgan fingerprint density at radius 3 is 2.65 bits per heavy atom. The number of aryl methyl sites for hydroxylation is 1. The fourth-order valence-corrected chi connectivity index (χ4v) is 1.77. The summed E-state index contributed by atoms with van der Waals surface area (Å²) in [6.07, 6.45) is 1.06. The molecule has 94 valence electrons. The molecule has 1 rings (SSSR count). The van der Waals surface area contributed by atoms with Gasteiger partial charge in [0.25, 0.3) is 0 Å². The number of aromatic nitrogens is 2. The molecule has 1 aromatic heterocycles. The van der Waals surface area contributed by atoms with E-state index < -0.39 is 18.0 Å². The predicted molar refractivity (Wildman–Crippen MR) is 63.1 cm³/mol. The summed E-state index contributed by atoms with van der Waals surface area (Å²) in [5.41, 5.74) is 0. The van der Waals surface area contributed by atoms with Crippen LogP contribution < -0.4 is 10.6 Å². The van der Waals surface area contributed by atoms with Gasteiger partial charge in [-0.2, -0.15) is 0 Å². The van der Waals surface area contributed by atoms with Gasteiger partial charge in [-0.25, -0.2) is 9.59 Å². The second-order valence-electron chi connectivity index (χ2n) is 3.40. The lowest BCUT2D eigenvalue weighted by Crippen LogP contribution is -2.42. The Hall–Kier alpha value is -1.70. The van der Waals surface area contributed by atoms with Crippen molar-refractivity contribution < 1.29 is 14.7 Å². The summed E-state index contributed by atoms with van der Waals surface area (Å²) < 4.78 is 0.